The maximum absolute atomic E-state index is 11.8. The number of alkyl halides is 1. The van der Waals surface area contributed by atoms with Gasteiger partial charge in [-0.25, -0.2) is 8.42 Å². The van der Waals surface area contributed by atoms with E-state index < -0.39 is 15.1 Å². The minimum absolute atomic E-state index is 0.301. The number of carbonyl (C=O) groups excluding carboxylic acids is 1. The van der Waals surface area contributed by atoms with Crippen LogP contribution in [0.15, 0.2) is 0 Å². The molecular formula is C9H16ClNO3S. The highest BCUT2D eigenvalue weighted by Gasteiger charge is 2.32. The monoisotopic (exact) mass is 253 g/mol. The summed E-state index contributed by atoms with van der Waals surface area (Å²) in [4.78, 5) is 13.4. The van der Waals surface area contributed by atoms with Gasteiger partial charge in [0.1, 0.15) is 5.25 Å². The van der Waals surface area contributed by atoms with Gasteiger partial charge in [-0.05, 0) is 19.3 Å². The molecule has 0 aliphatic carbocycles. The van der Waals surface area contributed by atoms with Crippen LogP contribution in [0.25, 0.3) is 0 Å². The molecule has 0 N–H and O–H groups in total. The lowest BCUT2D eigenvalue weighted by atomic mass is 10.2. The highest BCUT2D eigenvalue weighted by Crippen LogP contribution is 2.19. The molecule has 15 heavy (non-hydrogen) atoms. The van der Waals surface area contributed by atoms with E-state index in [1.54, 1.807) is 4.90 Å². The molecule has 1 heterocycles. The molecule has 1 amide bonds. The van der Waals surface area contributed by atoms with Crippen LogP contribution < -0.4 is 0 Å². The lowest BCUT2D eigenvalue weighted by Gasteiger charge is -2.19. The topological polar surface area (TPSA) is 54.5 Å². The van der Waals surface area contributed by atoms with Crippen LogP contribution in [0.2, 0.25) is 0 Å². The molecule has 2 unspecified atom stereocenters. The van der Waals surface area contributed by atoms with E-state index in [1.165, 1.54) is 6.92 Å². The van der Waals surface area contributed by atoms with Crippen molar-refractivity contribution in [2.24, 2.45) is 5.92 Å². The molecule has 1 fully saturated rings. The van der Waals surface area contributed by atoms with Gasteiger partial charge in [-0.1, -0.05) is 0 Å². The van der Waals surface area contributed by atoms with Crippen LogP contribution in [0, 0.1) is 5.92 Å². The van der Waals surface area contributed by atoms with Gasteiger partial charge in [0.05, 0.1) is 0 Å². The van der Waals surface area contributed by atoms with Gasteiger partial charge < -0.3 is 4.90 Å². The molecule has 0 bridgehead atoms. The predicted octanol–water partition coefficient (Wildman–Crippen LogP) is 0.507. The average molecular weight is 254 g/mol. The number of amides is 1. The summed E-state index contributed by atoms with van der Waals surface area (Å²) in [5.41, 5.74) is 0. The Morgan fingerprint density at radius 2 is 2.20 bits per heavy atom. The van der Waals surface area contributed by atoms with Gasteiger partial charge in [0.15, 0.2) is 9.84 Å². The van der Waals surface area contributed by atoms with E-state index in [-0.39, 0.29) is 5.91 Å². The number of carbonyl (C=O) groups is 1. The molecule has 1 aliphatic heterocycles. The minimum atomic E-state index is -3.29. The molecule has 0 aromatic heterocycles. The van der Waals surface area contributed by atoms with Crippen LogP contribution in [-0.2, 0) is 14.6 Å². The Balaban J connectivity index is 2.63. The minimum Gasteiger partial charge on any atom is -0.341 e. The highest BCUT2D eigenvalue weighted by atomic mass is 35.5. The lowest BCUT2D eigenvalue weighted by Crippen LogP contribution is -2.40. The summed E-state index contributed by atoms with van der Waals surface area (Å²) >= 11 is 5.69. The fourth-order valence-electron chi connectivity index (χ4n) is 1.60. The highest BCUT2D eigenvalue weighted by molar-refractivity contribution is 7.92. The van der Waals surface area contributed by atoms with Crippen molar-refractivity contribution in [1.82, 2.24) is 4.90 Å². The lowest BCUT2D eigenvalue weighted by molar-refractivity contribution is -0.129. The van der Waals surface area contributed by atoms with Gasteiger partial charge in [-0.2, -0.15) is 0 Å². The molecule has 1 saturated heterocycles. The van der Waals surface area contributed by atoms with E-state index in [0.29, 0.717) is 24.9 Å². The SMILES string of the molecule is CC(C(=O)N1CCC(CCl)C1)S(C)(=O)=O. The standard InChI is InChI=1S/C9H16ClNO3S/c1-7(15(2,13)14)9(12)11-4-3-8(5-10)6-11/h7-8H,3-6H2,1-2H3. The molecule has 2 atom stereocenters. The van der Waals surface area contributed by atoms with Gasteiger partial charge in [0, 0.05) is 25.2 Å². The molecule has 0 radical (unpaired) electrons. The maximum Gasteiger partial charge on any atom is 0.240 e. The Morgan fingerprint density at radius 3 is 2.60 bits per heavy atom. The van der Waals surface area contributed by atoms with Crippen LogP contribution in [0.1, 0.15) is 13.3 Å². The average Bonchev–Trinajstić information content (AvgIpc) is 2.62. The van der Waals surface area contributed by atoms with Crippen molar-refractivity contribution in [3.05, 3.63) is 0 Å². The largest absolute Gasteiger partial charge is 0.341 e. The van der Waals surface area contributed by atoms with E-state index in [0.717, 1.165) is 12.7 Å². The number of hydrogen-bond donors (Lipinski definition) is 0. The molecule has 1 aliphatic rings. The molecule has 0 aromatic rings. The Hall–Kier alpha value is -0.290. The van der Waals surface area contributed by atoms with Crippen LogP contribution in [0.4, 0.5) is 0 Å². The van der Waals surface area contributed by atoms with Gasteiger partial charge in [0.2, 0.25) is 5.91 Å². The smallest absolute Gasteiger partial charge is 0.240 e. The Kier molecular flexibility index (Phi) is 4.00. The van der Waals surface area contributed by atoms with Crippen molar-refractivity contribution in [3.63, 3.8) is 0 Å². The second kappa shape index (κ2) is 4.70. The van der Waals surface area contributed by atoms with Crippen LogP contribution in [0.5, 0.6) is 0 Å². The molecule has 4 nitrogen and oxygen atoms in total. The Morgan fingerprint density at radius 1 is 1.60 bits per heavy atom. The van der Waals surface area contributed by atoms with E-state index in [1.807, 2.05) is 0 Å². The summed E-state index contributed by atoms with van der Waals surface area (Å²) in [5.74, 6) is 0.532. The van der Waals surface area contributed by atoms with Crippen molar-refractivity contribution in [1.29, 1.82) is 0 Å². The summed E-state index contributed by atoms with van der Waals surface area (Å²) in [5, 5.41) is -0.938. The molecule has 0 saturated carbocycles. The predicted molar refractivity (Wildman–Crippen MR) is 59.7 cm³/mol. The van der Waals surface area contributed by atoms with E-state index in [4.69, 9.17) is 11.6 Å². The van der Waals surface area contributed by atoms with Crippen molar-refractivity contribution in [3.8, 4) is 0 Å². The number of sulfone groups is 1. The summed E-state index contributed by atoms with van der Waals surface area (Å²) in [6.45, 7) is 2.64. The normalized spacial score (nSPS) is 24.2. The molecule has 88 valence electrons. The molecule has 1 rings (SSSR count). The number of likely N-dealkylation sites (tertiary alicyclic amines) is 1. The van der Waals surface area contributed by atoms with Gasteiger partial charge >= 0.3 is 0 Å². The zero-order valence-corrected chi connectivity index (χ0v) is 10.5. The fraction of sp³-hybridized carbons (Fsp3) is 0.889. The summed E-state index contributed by atoms with van der Waals surface area (Å²) in [7, 11) is -3.29. The van der Waals surface area contributed by atoms with Crippen LogP contribution >= 0.6 is 11.6 Å². The van der Waals surface area contributed by atoms with Crippen molar-refractivity contribution in [2.45, 2.75) is 18.6 Å². The molecule has 0 aromatic carbocycles. The first kappa shape index (κ1) is 12.8. The fourth-order valence-corrected chi connectivity index (χ4v) is 2.37. The first-order chi connectivity index (χ1) is 6.86. The Bertz CT molecular complexity index is 341. The Labute approximate surface area is 95.5 Å². The van der Waals surface area contributed by atoms with Gasteiger partial charge in [-0.3, -0.25) is 4.79 Å². The first-order valence-corrected chi connectivity index (χ1v) is 7.38. The zero-order valence-electron chi connectivity index (χ0n) is 8.94. The molecule has 0 spiro atoms. The molecular weight excluding hydrogens is 238 g/mol. The van der Waals surface area contributed by atoms with Crippen molar-refractivity contribution >= 4 is 27.3 Å². The van der Waals surface area contributed by atoms with E-state index in [2.05, 4.69) is 0 Å². The van der Waals surface area contributed by atoms with Crippen molar-refractivity contribution < 1.29 is 13.2 Å². The van der Waals surface area contributed by atoms with E-state index >= 15 is 0 Å². The first-order valence-electron chi connectivity index (χ1n) is 4.90. The summed E-state index contributed by atoms with van der Waals surface area (Å²) < 4.78 is 22.4. The summed E-state index contributed by atoms with van der Waals surface area (Å²) in [6.07, 6.45) is 1.95. The number of rotatable bonds is 3. The third-order valence-corrected chi connectivity index (χ3v) is 4.73. The van der Waals surface area contributed by atoms with Gasteiger partial charge in [-0.15, -0.1) is 11.6 Å². The second-order valence-electron chi connectivity index (χ2n) is 4.07. The van der Waals surface area contributed by atoms with Crippen LogP contribution in [-0.4, -0.2) is 49.7 Å². The quantitative estimate of drug-likeness (QED) is 0.689. The third kappa shape index (κ3) is 3.08. The third-order valence-electron chi connectivity index (χ3n) is 2.81. The zero-order chi connectivity index (χ0) is 11.6. The van der Waals surface area contributed by atoms with E-state index in [9.17, 15) is 13.2 Å². The maximum atomic E-state index is 11.8. The van der Waals surface area contributed by atoms with Gasteiger partial charge in [0.25, 0.3) is 0 Å². The van der Waals surface area contributed by atoms with Crippen LogP contribution in [0.3, 0.4) is 0 Å². The number of halogens is 1. The molecule has 6 heteroatoms. The van der Waals surface area contributed by atoms with Crippen molar-refractivity contribution in [2.75, 3.05) is 25.2 Å². The summed E-state index contributed by atoms with van der Waals surface area (Å²) in [6, 6.07) is 0. The number of hydrogen-bond acceptors (Lipinski definition) is 3. The number of nitrogens with zero attached hydrogens (tertiary/aromatic N) is 1. The second-order valence-corrected chi connectivity index (χ2v) is 6.74.